The van der Waals surface area contributed by atoms with Gasteiger partial charge in [0, 0.05) is 24.0 Å². The van der Waals surface area contributed by atoms with Crippen LogP contribution < -0.4 is 10.6 Å². The zero-order chi connectivity index (χ0) is 16.9. The monoisotopic (exact) mass is 335 g/mol. The summed E-state index contributed by atoms with van der Waals surface area (Å²) in [5.41, 5.74) is 0.849. The Labute approximate surface area is 141 Å². The van der Waals surface area contributed by atoms with E-state index in [0.29, 0.717) is 30.8 Å². The number of guanidine groups is 1. The molecule has 124 valence electrons. The van der Waals surface area contributed by atoms with Gasteiger partial charge >= 0.3 is 0 Å². The Balaban J connectivity index is 1.88. The van der Waals surface area contributed by atoms with Crippen molar-refractivity contribution in [2.24, 2.45) is 4.99 Å². The summed E-state index contributed by atoms with van der Waals surface area (Å²) >= 11 is 6.14. The molecule has 1 aromatic heterocycles. The molecule has 0 saturated heterocycles. The van der Waals surface area contributed by atoms with Gasteiger partial charge in [-0.3, -0.25) is 4.99 Å². The van der Waals surface area contributed by atoms with E-state index in [4.69, 9.17) is 16.1 Å². The molecule has 7 heteroatoms. The second-order valence-electron chi connectivity index (χ2n) is 6.14. The van der Waals surface area contributed by atoms with E-state index in [1.807, 2.05) is 45.0 Å². The predicted octanol–water partition coefficient (Wildman–Crippen LogP) is 2.89. The molecule has 0 radical (unpaired) electrons. The quantitative estimate of drug-likeness (QED) is 0.663. The normalized spacial score (nSPS) is 12.3. The molecule has 0 fully saturated rings. The number of aromatic nitrogens is 2. The number of nitrogens with one attached hydrogen (secondary N) is 2. The van der Waals surface area contributed by atoms with Gasteiger partial charge in [0.1, 0.15) is 0 Å². The lowest BCUT2D eigenvalue weighted by Crippen LogP contribution is -2.36. The Hall–Kier alpha value is -2.08. The average molecular weight is 336 g/mol. The van der Waals surface area contributed by atoms with Crippen molar-refractivity contribution in [2.45, 2.75) is 39.3 Å². The molecule has 6 nitrogen and oxygen atoms in total. The number of hydrogen-bond donors (Lipinski definition) is 2. The van der Waals surface area contributed by atoms with Gasteiger partial charge in [-0.05, 0) is 11.6 Å². The van der Waals surface area contributed by atoms with Crippen LogP contribution >= 0.6 is 11.6 Å². The van der Waals surface area contributed by atoms with E-state index in [-0.39, 0.29) is 5.41 Å². The first-order chi connectivity index (χ1) is 10.9. The van der Waals surface area contributed by atoms with Crippen LogP contribution in [0.5, 0.6) is 0 Å². The van der Waals surface area contributed by atoms with Crippen LogP contribution in [0.3, 0.4) is 0 Å². The van der Waals surface area contributed by atoms with Crippen molar-refractivity contribution in [3.05, 3.63) is 46.6 Å². The predicted molar refractivity (Wildman–Crippen MR) is 91.5 cm³/mol. The van der Waals surface area contributed by atoms with Gasteiger partial charge in [0.05, 0.1) is 6.54 Å². The van der Waals surface area contributed by atoms with E-state index in [0.717, 1.165) is 10.6 Å². The van der Waals surface area contributed by atoms with Crippen LogP contribution in [0, 0.1) is 0 Å². The third kappa shape index (κ3) is 4.96. The lowest BCUT2D eigenvalue weighted by Gasteiger charge is -2.11. The zero-order valence-corrected chi connectivity index (χ0v) is 14.6. The molecule has 0 amide bonds. The molecule has 0 atom stereocenters. The minimum Gasteiger partial charge on any atom is -0.352 e. The molecular formula is C16H22ClN5O. The average Bonchev–Trinajstić information content (AvgIpc) is 2.98. The molecule has 0 aliphatic heterocycles. The molecule has 0 bridgehead atoms. The SMILES string of the molecule is CN=C(NCc1noc(C(C)(C)C)n1)NCc1ccccc1Cl. The fourth-order valence-corrected chi connectivity index (χ4v) is 2.04. The summed E-state index contributed by atoms with van der Waals surface area (Å²) < 4.78 is 5.26. The zero-order valence-electron chi connectivity index (χ0n) is 13.9. The van der Waals surface area contributed by atoms with Crippen molar-refractivity contribution in [1.82, 2.24) is 20.8 Å². The van der Waals surface area contributed by atoms with Crippen molar-refractivity contribution in [3.63, 3.8) is 0 Å². The summed E-state index contributed by atoms with van der Waals surface area (Å²) in [6, 6.07) is 7.69. The summed E-state index contributed by atoms with van der Waals surface area (Å²) in [5.74, 6) is 1.86. The lowest BCUT2D eigenvalue weighted by atomic mass is 9.97. The number of aliphatic imine (C=N–C) groups is 1. The summed E-state index contributed by atoms with van der Waals surface area (Å²) in [6.07, 6.45) is 0. The second kappa shape index (κ2) is 7.46. The Kier molecular flexibility index (Phi) is 5.60. The third-order valence-corrected chi connectivity index (χ3v) is 3.52. The van der Waals surface area contributed by atoms with Gasteiger partial charge < -0.3 is 15.2 Å². The molecule has 1 aromatic carbocycles. The second-order valence-corrected chi connectivity index (χ2v) is 6.54. The van der Waals surface area contributed by atoms with Crippen LogP contribution in [0.2, 0.25) is 5.02 Å². The van der Waals surface area contributed by atoms with E-state index < -0.39 is 0 Å². The maximum atomic E-state index is 6.14. The summed E-state index contributed by atoms with van der Waals surface area (Å²) in [5, 5.41) is 11.0. The molecule has 2 aromatic rings. The van der Waals surface area contributed by atoms with Gasteiger partial charge in [-0.2, -0.15) is 4.98 Å². The standard InChI is InChI=1S/C16H22ClN5O/c1-16(2,3)14-21-13(22-23-14)10-20-15(18-4)19-9-11-7-5-6-8-12(11)17/h5-8H,9-10H2,1-4H3,(H2,18,19,20). The maximum absolute atomic E-state index is 6.14. The van der Waals surface area contributed by atoms with Crippen LogP contribution in [0.1, 0.15) is 38.0 Å². The van der Waals surface area contributed by atoms with E-state index in [2.05, 4.69) is 25.8 Å². The molecule has 23 heavy (non-hydrogen) atoms. The van der Waals surface area contributed by atoms with Crippen molar-refractivity contribution >= 4 is 17.6 Å². The molecule has 0 spiro atoms. The smallest absolute Gasteiger partial charge is 0.232 e. The van der Waals surface area contributed by atoms with Gasteiger partial charge in [0.25, 0.3) is 0 Å². The van der Waals surface area contributed by atoms with Crippen molar-refractivity contribution in [1.29, 1.82) is 0 Å². The Morgan fingerprint density at radius 3 is 2.52 bits per heavy atom. The molecule has 0 aliphatic carbocycles. The van der Waals surface area contributed by atoms with Crippen LogP contribution in [-0.4, -0.2) is 23.1 Å². The van der Waals surface area contributed by atoms with E-state index in [1.165, 1.54) is 0 Å². The lowest BCUT2D eigenvalue weighted by molar-refractivity contribution is 0.318. The minimum absolute atomic E-state index is 0.158. The Morgan fingerprint density at radius 1 is 1.22 bits per heavy atom. The largest absolute Gasteiger partial charge is 0.352 e. The first-order valence-electron chi connectivity index (χ1n) is 7.41. The first kappa shape index (κ1) is 17.3. The minimum atomic E-state index is -0.158. The molecule has 2 N–H and O–H groups in total. The number of hydrogen-bond acceptors (Lipinski definition) is 4. The van der Waals surface area contributed by atoms with Gasteiger partial charge in [-0.25, -0.2) is 0 Å². The fraction of sp³-hybridized carbons (Fsp3) is 0.438. The summed E-state index contributed by atoms with van der Waals surface area (Å²) in [6.45, 7) is 7.10. The number of halogens is 1. The maximum Gasteiger partial charge on any atom is 0.232 e. The first-order valence-corrected chi connectivity index (χ1v) is 7.79. The van der Waals surface area contributed by atoms with E-state index in [1.54, 1.807) is 7.05 Å². The van der Waals surface area contributed by atoms with Crippen molar-refractivity contribution in [3.8, 4) is 0 Å². The number of benzene rings is 1. The van der Waals surface area contributed by atoms with Gasteiger partial charge in [-0.15, -0.1) is 0 Å². The molecule has 0 unspecified atom stereocenters. The number of rotatable bonds is 4. The van der Waals surface area contributed by atoms with Crippen molar-refractivity contribution in [2.75, 3.05) is 7.05 Å². The summed E-state index contributed by atoms with van der Waals surface area (Å²) in [4.78, 5) is 8.54. The van der Waals surface area contributed by atoms with Crippen LogP contribution in [0.25, 0.3) is 0 Å². The van der Waals surface area contributed by atoms with Crippen LogP contribution in [-0.2, 0) is 18.5 Å². The van der Waals surface area contributed by atoms with Crippen LogP contribution in [0.4, 0.5) is 0 Å². The molecule has 2 rings (SSSR count). The Morgan fingerprint density at radius 2 is 1.91 bits per heavy atom. The van der Waals surface area contributed by atoms with Crippen LogP contribution in [0.15, 0.2) is 33.8 Å². The van der Waals surface area contributed by atoms with E-state index >= 15 is 0 Å². The Bertz CT molecular complexity index is 675. The van der Waals surface area contributed by atoms with E-state index in [9.17, 15) is 0 Å². The van der Waals surface area contributed by atoms with Gasteiger partial charge in [0.2, 0.25) is 5.89 Å². The summed E-state index contributed by atoms with van der Waals surface area (Å²) in [7, 11) is 1.71. The molecule has 0 saturated carbocycles. The molecule has 0 aliphatic rings. The number of nitrogens with zero attached hydrogens (tertiary/aromatic N) is 3. The highest BCUT2D eigenvalue weighted by atomic mass is 35.5. The highest BCUT2D eigenvalue weighted by molar-refractivity contribution is 6.31. The van der Waals surface area contributed by atoms with Crippen molar-refractivity contribution < 1.29 is 4.52 Å². The highest BCUT2D eigenvalue weighted by Crippen LogP contribution is 2.19. The highest BCUT2D eigenvalue weighted by Gasteiger charge is 2.21. The van der Waals surface area contributed by atoms with Gasteiger partial charge in [-0.1, -0.05) is 55.7 Å². The molecular weight excluding hydrogens is 314 g/mol. The van der Waals surface area contributed by atoms with Gasteiger partial charge in [0.15, 0.2) is 11.8 Å². The third-order valence-electron chi connectivity index (χ3n) is 3.15. The fourth-order valence-electron chi connectivity index (χ4n) is 1.83. The molecule has 1 heterocycles. The topological polar surface area (TPSA) is 75.3 Å².